The highest BCUT2D eigenvalue weighted by atomic mass is 16.5. The lowest BCUT2D eigenvalue weighted by atomic mass is 9.71. The maximum Gasteiger partial charge on any atom is 0.0696 e. The van der Waals surface area contributed by atoms with Gasteiger partial charge < -0.3 is 4.74 Å². The Kier molecular flexibility index (Phi) is 1.20. The van der Waals surface area contributed by atoms with Crippen LogP contribution in [0.15, 0.2) is 0 Å². The summed E-state index contributed by atoms with van der Waals surface area (Å²) in [4.78, 5) is 0. The van der Waals surface area contributed by atoms with Crippen LogP contribution >= 0.6 is 0 Å². The summed E-state index contributed by atoms with van der Waals surface area (Å²) in [5.74, 6) is 1.04. The Morgan fingerprint density at radius 1 is 1.07 bits per heavy atom. The molecule has 5 fully saturated rings. The van der Waals surface area contributed by atoms with Crippen molar-refractivity contribution in [1.82, 2.24) is 0 Å². The zero-order chi connectivity index (χ0) is 9.44. The van der Waals surface area contributed by atoms with Crippen LogP contribution in [0, 0.1) is 16.7 Å². The molecule has 0 saturated heterocycles. The first-order valence-corrected chi connectivity index (χ1v) is 6.36. The first-order chi connectivity index (χ1) is 6.72. The summed E-state index contributed by atoms with van der Waals surface area (Å²) < 4.78 is 6.20. The van der Waals surface area contributed by atoms with Gasteiger partial charge in [-0.3, -0.25) is 0 Å². The summed E-state index contributed by atoms with van der Waals surface area (Å²) in [5, 5.41) is 0. The van der Waals surface area contributed by atoms with E-state index in [1.807, 2.05) is 0 Å². The van der Waals surface area contributed by atoms with Crippen molar-refractivity contribution in [2.24, 2.45) is 16.7 Å². The molecule has 5 aliphatic rings. The lowest BCUT2D eigenvalue weighted by Crippen LogP contribution is -2.41. The molecule has 14 heavy (non-hydrogen) atoms. The number of rotatable bonds is 3. The number of hydrogen-bond acceptors (Lipinski definition) is 1. The molecule has 5 aliphatic carbocycles. The van der Waals surface area contributed by atoms with Gasteiger partial charge in [-0.15, -0.1) is 0 Å². The van der Waals surface area contributed by atoms with Gasteiger partial charge in [0, 0.05) is 6.61 Å². The predicted molar refractivity (Wildman–Crippen MR) is 55.0 cm³/mol. The molecule has 2 unspecified atom stereocenters. The SMILES string of the molecule is CCCOC12CC3C[C@]4(C1)C[C@@]4(C3)C2. The molecule has 1 heteroatoms. The Labute approximate surface area is 86.2 Å². The molecule has 1 nitrogen and oxygen atoms in total. The quantitative estimate of drug-likeness (QED) is 0.667. The van der Waals surface area contributed by atoms with Crippen molar-refractivity contribution in [3.63, 3.8) is 0 Å². The molecule has 0 radical (unpaired) electrons. The van der Waals surface area contributed by atoms with Crippen molar-refractivity contribution in [2.75, 3.05) is 6.61 Å². The van der Waals surface area contributed by atoms with E-state index in [-0.39, 0.29) is 0 Å². The van der Waals surface area contributed by atoms with Crippen molar-refractivity contribution in [3.05, 3.63) is 0 Å². The third kappa shape index (κ3) is 0.711. The van der Waals surface area contributed by atoms with Gasteiger partial charge in [-0.25, -0.2) is 0 Å². The fraction of sp³-hybridized carbons (Fsp3) is 1.00. The van der Waals surface area contributed by atoms with Crippen LogP contribution in [0.5, 0.6) is 0 Å². The fourth-order valence-electron chi connectivity index (χ4n) is 5.59. The highest BCUT2D eigenvalue weighted by Gasteiger charge is 2.82. The maximum atomic E-state index is 6.20. The van der Waals surface area contributed by atoms with Gasteiger partial charge in [0.15, 0.2) is 0 Å². The molecule has 4 atom stereocenters. The average molecular weight is 192 g/mol. The molecule has 5 saturated carbocycles. The number of ether oxygens (including phenoxy) is 1. The molecule has 0 aliphatic heterocycles. The molecular formula is C13H20O. The van der Waals surface area contributed by atoms with Crippen LogP contribution in [-0.2, 0) is 4.74 Å². The minimum atomic E-state index is 0.370. The molecule has 0 aromatic rings. The summed E-state index contributed by atoms with van der Waals surface area (Å²) in [6, 6.07) is 0. The molecule has 4 bridgehead atoms. The first-order valence-electron chi connectivity index (χ1n) is 6.36. The molecule has 0 aromatic carbocycles. The van der Waals surface area contributed by atoms with E-state index in [0.717, 1.165) is 23.4 Å². The van der Waals surface area contributed by atoms with E-state index < -0.39 is 0 Å². The molecule has 5 rings (SSSR count). The van der Waals surface area contributed by atoms with E-state index in [0.29, 0.717) is 5.60 Å². The van der Waals surface area contributed by atoms with Crippen molar-refractivity contribution < 1.29 is 4.74 Å². The lowest BCUT2D eigenvalue weighted by Gasteiger charge is -2.43. The van der Waals surface area contributed by atoms with Gasteiger partial charge in [0.1, 0.15) is 0 Å². The summed E-state index contributed by atoms with van der Waals surface area (Å²) >= 11 is 0. The van der Waals surface area contributed by atoms with Gasteiger partial charge in [0.25, 0.3) is 0 Å². The Bertz CT molecular complexity index is 278. The van der Waals surface area contributed by atoms with Crippen LogP contribution in [0.1, 0.15) is 51.9 Å². The first kappa shape index (κ1) is 8.15. The Morgan fingerprint density at radius 3 is 2.36 bits per heavy atom. The maximum absolute atomic E-state index is 6.20. The smallest absolute Gasteiger partial charge is 0.0696 e. The van der Waals surface area contributed by atoms with Crippen LogP contribution < -0.4 is 0 Å². The molecule has 0 aromatic heterocycles. The van der Waals surface area contributed by atoms with Crippen LogP contribution in [0.4, 0.5) is 0 Å². The highest BCUT2D eigenvalue weighted by molar-refractivity contribution is 5.32. The van der Waals surface area contributed by atoms with E-state index in [4.69, 9.17) is 4.74 Å². The average Bonchev–Trinajstić information content (AvgIpc) is 2.51. The van der Waals surface area contributed by atoms with Gasteiger partial charge in [-0.2, -0.15) is 0 Å². The van der Waals surface area contributed by atoms with E-state index in [1.165, 1.54) is 25.7 Å². The molecule has 0 amide bonds. The van der Waals surface area contributed by atoms with E-state index >= 15 is 0 Å². The molecular weight excluding hydrogens is 172 g/mol. The van der Waals surface area contributed by atoms with Gasteiger partial charge in [0.2, 0.25) is 0 Å². The monoisotopic (exact) mass is 192 g/mol. The number of hydrogen-bond donors (Lipinski definition) is 0. The third-order valence-electron chi connectivity index (χ3n) is 5.63. The standard InChI is InChI=1S/C13H20O/c1-2-3-14-13-6-10-4-11(8-13)7-12(11,5-10)9-13/h10H,2-9H2,1H3/t10?,11-,12+,13?. The summed E-state index contributed by atoms with van der Waals surface area (Å²) in [6.07, 6.45) is 10.1. The Morgan fingerprint density at radius 2 is 1.79 bits per heavy atom. The second-order valence-corrected chi connectivity index (χ2v) is 6.60. The van der Waals surface area contributed by atoms with Gasteiger partial charge in [-0.05, 0) is 61.7 Å². The minimum absolute atomic E-state index is 0.370. The van der Waals surface area contributed by atoms with Gasteiger partial charge >= 0.3 is 0 Å². The predicted octanol–water partition coefficient (Wildman–Crippen LogP) is 3.14. The highest BCUT2D eigenvalue weighted by Crippen LogP contribution is 2.88. The molecule has 78 valence electrons. The lowest BCUT2D eigenvalue weighted by molar-refractivity contribution is -0.0985. The van der Waals surface area contributed by atoms with E-state index in [1.54, 1.807) is 19.3 Å². The fourth-order valence-corrected chi connectivity index (χ4v) is 5.59. The van der Waals surface area contributed by atoms with Crippen LogP contribution in [0.25, 0.3) is 0 Å². The Balaban J connectivity index is 1.63. The van der Waals surface area contributed by atoms with Crippen LogP contribution in [0.3, 0.4) is 0 Å². The summed E-state index contributed by atoms with van der Waals surface area (Å²) in [5.41, 5.74) is 1.99. The minimum Gasteiger partial charge on any atom is -0.375 e. The van der Waals surface area contributed by atoms with Gasteiger partial charge in [0.05, 0.1) is 5.60 Å². The molecule has 2 spiro atoms. The van der Waals surface area contributed by atoms with Crippen molar-refractivity contribution in [3.8, 4) is 0 Å². The second-order valence-electron chi connectivity index (χ2n) is 6.60. The van der Waals surface area contributed by atoms with E-state index in [2.05, 4.69) is 6.92 Å². The third-order valence-corrected chi connectivity index (χ3v) is 5.63. The zero-order valence-corrected chi connectivity index (χ0v) is 9.14. The second kappa shape index (κ2) is 2.07. The summed E-state index contributed by atoms with van der Waals surface area (Å²) in [6.45, 7) is 3.23. The molecule has 0 N–H and O–H groups in total. The van der Waals surface area contributed by atoms with Crippen LogP contribution in [-0.4, -0.2) is 12.2 Å². The zero-order valence-electron chi connectivity index (χ0n) is 9.14. The van der Waals surface area contributed by atoms with Crippen molar-refractivity contribution in [1.29, 1.82) is 0 Å². The Hall–Kier alpha value is -0.0400. The van der Waals surface area contributed by atoms with Crippen LogP contribution in [0.2, 0.25) is 0 Å². The topological polar surface area (TPSA) is 9.23 Å². The molecule has 0 heterocycles. The van der Waals surface area contributed by atoms with Gasteiger partial charge in [-0.1, -0.05) is 6.92 Å². The van der Waals surface area contributed by atoms with E-state index in [9.17, 15) is 0 Å². The normalized spacial score (nSPS) is 61.9. The largest absolute Gasteiger partial charge is 0.375 e. The van der Waals surface area contributed by atoms with Crippen molar-refractivity contribution >= 4 is 0 Å². The van der Waals surface area contributed by atoms with Crippen molar-refractivity contribution in [2.45, 2.75) is 57.5 Å². The summed E-state index contributed by atoms with van der Waals surface area (Å²) in [7, 11) is 0.